The third kappa shape index (κ3) is 1.48. The van der Waals surface area contributed by atoms with Gasteiger partial charge in [-0.15, -0.1) is 22.7 Å². The molecule has 2 heterocycles. The zero-order chi connectivity index (χ0) is 9.26. The van der Waals surface area contributed by atoms with Crippen LogP contribution in [0.5, 0.6) is 0 Å². The summed E-state index contributed by atoms with van der Waals surface area (Å²) in [5.41, 5.74) is 2.15. The van der Waals surface area contributed by atoms with Crippen molar-refractivity contribution >= 4 is 22.7 Å². The van der Waals surface area contributed by atoms with Crippen molar-refractivity contribution in [2.24, 2.45) is 0 Å². The largest absolute Gasteiger partial charge is 0.225 e. The molecule has 0 bridgehead atoms. The summed E-state index contributed by atoms with van der Waals surface area (Å²) in [6.45, 7) is 2.05. The molecule has 0 aromatic carbocycles. The van der Waals surface area contributed by atoms with E-state index in [1.807, 2.05) is 16.8 Å². The lowest BCUT2D eigenvalue weighted by atomic mass is 10.2. The normalized spacial score (nSPS) is 9.85. The first-order valence-corrected chi connectivity index (χ1v) is 5.47. The van der Waals surface area contributed by atoms with Crippen molar-refractivity contribution in [3.63, 3.8) is 0 Å². The predicted molar refractivity (Wildman–Crippen MR) is 54.9 cm³/mol. The number of thiophene rings is 1. The fourth-order valence-corrected chi connectivity index (χ4v) is 2.62. The number of aryl methyl sites for hydroxylation is 1. The molecule has 0 radical (unpaired) electrons. The summed E-state index contributed by atoms with van der Waals surface area (Å²) in [4.78, 5) is 5.36. The smallest absolute Gasteiger partial charge is 0.194 e. The molecule has 0 unspecified atom stereocenters. The van der Waals surface area contributed by atoms with E-state index >= 15 is 0 Å². The molecule has 0 amide bonds. The molecule has 0 aliphatic carbocycles. The number of rotatable bonds is 1. The Labute approximate surface area is 84.1 Å². The van der Waals surface area contributed by atoms with E-state index in [9.17, 15) is 0 Å². The Bertz CT molecular complexity index is 462. The lowest BCUT2D eigenvalue weighted by Crippen LogP contribution is -1.76. The highest BCUT2D eigenvalue weighted by atomic mass is 32.1. The van der Waals surface area contributed by atoms with Crippen LogP contribution in [-0.4, -0.2) is 4.98 Å². The molecule has 64 valence electrons. The van der Waals surface area contributed by atoms with Gasteiger partial charge in [-0.2, -0.15) is 5.26 Å². The highest BCUT2D eigenvalue weighted by molar-refractivity contribution is 7.14. The fourth-order valence-electron chi connectivity index (χ4n) is 1.06. The number of aromatic nitrogens is 1. The van der Waals surface area contributed by atoms with Crippen LogP contribution in [0, 0.1) is 18.3 Å². The molecule has 0 atom stereocenters. The van der Waals surface area contributed by atoms with E-state index in [1.54, 1.807) is 11.3 Å². The minimum atomic E-state index is 0.530. The maximum Gasteiger partial charge on any atom is 0.194 e. The molecular weight excluding hydrogens is 200 g/mol. The summed E-state index contributed by atoms with van der Waals surface area (Å²) in [5, 5.41) is 13.1. The lowest BCUT2D eigenvalue weighted by molar-refractivity contribution is 1.35. The van der Waals surface area contributed by atoms with E-state index in [1.165, 1.54) is 16.9 Å². The van der Waals surface area contributed by atoms with Gasteiger partial charge in [-0.1, -0.05) is 0 Å². The van der Waals surface area contributed by atoms with Gasteiger partial charge in [-0.25, -0.2) is 4.98 Å². The molecule has 2 aromatic heterocycles. The summed E-state index contributed by atoms with van der Waals surface area (Å²) < 4.78 is 0. The first-order chi connectivity index (χ1) is 6.31. The average molecular weight is 206 g/mol. The number of thiazole rings is 1. The Balaban J connectivity index is 2.48. The van der Waals surface area contributed by atoms with Crippen LogP contribution in [-0.2, 0) is 0 Å². The molecule has 0 aliphatic rings. The van der Waals surface area contributed by atoms with E-state index in [4.69, 9.17) is 5.26 Å². The van der Waals surface area contributed by atoms with Gasteiger partial charge in [-0.05, 0) is 23.9 Å². The van der Waals surface area contributed by atoms with Gasteiger partial charge in [-0.3, -0.25) is 0 Å². The van der Waals surface area contributed by atoms with Crippen molar-refractivity contribution in [3.05, 3.63) is 27.4 Å². The van der Waals surface area contributed by atoms with Gasteiger partial charge in [0.15, 0.2) is 5.01 Å². The van der Waals surface area contributed by atoms with Gasteiger partial charge in [0.25, 0.3) is 0 Å². The Hall–Kier alpha value is -1.18. The van der Waals surface area contributed by atoms with Crippen LogP contribution in [0.2, 0.25) is 0 Å². The summed E-state index contributed by atoms with van der Waals surface area (Å²) in [7, 11) is 0. The second-order valence-corrected chi connectivity index (χ2v) is 4.36. The van der Waals surface area contributed by atoms with E-state index in [0.717, 1.165) is 10.6 Å². The molecule has 0 fully saturated rings. The van der Waals surface area contributed by atoms with Crippen molar-refractivity contribution in [3.8, 4) is 16.6 Å². The Morgan fingerprint density at radius 3 is 2.85 bits per heavy atom. The van der Waals surface area contributed by atoms with Gasteiger partial charge >= 0.3 is 0 Å². The molecule has 0 spiro atoms. The highest BCUT2D eigenvalue weighted by Crippen LogP contribution is 2.29. The average Bonchev–Trinajstić information content (AvgIpc) is 2.71. The summed E-state index contributed by atoms with van der Waals surface area (Å²) >= 11 is 3.05. The molecule has 0 saturated heterocycles. The molecule has 13 heavy (non-hydrogen) atoms. The maximum atomic E-state index is 8.62. The third-order valence-corrected chi connectivity index (χ3v) is 3.48. The number of nitrogens with zero attached hydrogens (tertiary/aromatic N) is 2. The van der Waals surface area contributed by atoms with Crippen LogP contribution in [0.4, 0.5) is 0 Å². The standard InChI is InChI=1S/C9H6N2S2/c1-6-2-3-12-9(6)7-5-13-8(4-10)11-7/h2-3,5H,1H3. The topological polar surface area (TPSA) is 36.7 Å². The number of nitriles is 1. The van der Waals surface area contributed by atoms with E-state index in [2.05, 4.69) is 18.0 Å². The zero-order valence-electron chi connectivity index (χ0n) is 6.94. The van der Waals surface area contributed by atoms with Gasteiger partial charge in [0, 0.05) is 5.38 Å². The minimum absolute atomic E-state index is 0.530. The minimum Gasteiger partial charge on any atom is -0.225 e. The molecule has 0 N–H and O–H groups in total. The van der Waals surface area contributed by atoms with Crippen LogP contribution in [0.3, 0.4) is 0 Å². The van der Waals surface area contributed by atoms with E-state index in [0.29, 0.717) is 5.01 Å². The second-order valence-electron chi connectivity index (χ2n) is 2.58. The first-order valence-electron chi connectivity index (χ1n) is 3.71. The Morgan fingerprint density at radius 1 is 1.46 bits per heavy atom. The SMILES string of the molecule is Cc1ccsc1-c1csc(C#N)n1. The van der Waals surface area contributed by atoms with Gasteiger partial charge in [0.05, 0.1) is 10.6 Å². The van der Waals surface area contributed by atoms with Crippen LogP contribution < -0.4 is 0 Å². The summed E-state index contributed by atoms with van der Waals surface area (Å²) in [6, 6.07) is 4.10. The van der Waals surface area contributed by atoms with Gasteiger partial charge in [0.1, 0.15) is 6.07 Å². The van der Waals surface area contributed by atoms with Crippen LogP contribution in [0.25, 0.3) is 10.6 Å². The van der Waals surface area contributed by atoms with Crippen LogP contribution in [0.1, 0.15) is 10.6 Å². The highest BCUT2D eigenvalue weighted by Gasteiger charge is 2.07. The fraction of sp³-hybridized carbons (Fsp3) is 0.111. The van der Waals surface area contributed by atoms with Crippen LogP contribution in [0.15, 0.2) is 16.8 Å². The Morgan fingerprint density at radius 2 is 2.31 bits per heavy atom. The van der Waals surface area contributed by atoms with Crippen LogP contribution >= 0.6 is 22.7 Å². The molecule has 0 saturated carbocycles. The quantitative estimate of drug-likeness (QED) is 0.719. The van der Waals surface area contributed by atoms with E-state index < -0.39 is 0 Å². The zero-order valence-corrected chi connectivity index (χ0v) is 8.58. The summed E-state index contributed by atoms with van der Waals surface area (Å²) in [5.74, 6) is 0. The molecular formula is C9H6N2S2. The second kappa shape index (κ2) is 3.29. The van der Waals surface area contributed by atoms with Crippen molar-refractivity contribution in [2.45, 2.75) is 6.92 Å². The molecule has 2 aromatic rings. The molecule has 2 rings (SSSR count). The Kier molecular flexibility index (Phi) is 2.13. The maximum absolute atomic E-state index is 8.62. The van der Waals surface area contributed by atoms with E-state index in [-0.39, 0.29) is 0 Å². The number of hydrogen-bond acceptors (Lipinski definition) is 4. The van der Waals surface area contributed by atoms with Gasteiger partial charge < -0.3 is 0 Å². The lowest BCUT2D eigenvalue weighted by Gasteiger charge is -1.90. The predicted octanol–water partition coefficient (Wildman–Crippen LogP) is 3.05. The summed E-state index contributed by atoms with van der Waals surface area (Å²) in [6.07, 6.45) is 0. The van der Waals surface area contributed by atoms with Gasteiger partial charge in [0.2, 0.25) is 0 Å². The number of hydrogen-bond donors (Lipinski definition) is 0. The third-order valence-electron chi connectivity index (χ3n) is 1.69. The molecule has 0 aliphatic heterocycles. The van der Waals surface area contributed by atoms with Crippen molar-refractivity contribution in [2.75, 3.05) is 0 Å². The molecule has 2 nitrogen and oxygen atoms in total. The van der Waals surface area contributed by atoms with Crippen molar-refractivity contribution in [1.82, 2.24) is 4.98 Å². The van der Waals surface area contributed by atoms with Crippen molar-refractivity contribution < 1.29 is 0 Å². The molecule has 4 heteroatoms. The first kappa shape index (κ1) is 8.42. The van der Waals surface area contributed by atoms with Crippen molar-refractivity contribution in [1.29, 1.82) is 5.26 Å². The monoisotopic (exact) mass is 206 g/mol.